The molecule has 2 amide bonds. The third-order valence-electron chi connectivity index (χ3n) is 3.82. The highest BCUT2D eigenvalue weighted by molar-refractivity contribution is 7.15. The molecule has 0 saturated heterocycles. The quantitative estimate of drug-likeness (QED) is 0.293. The van der Waals surface area contributed by atoms with E-state index in [2.05, 4.69) is 31.0 Å². The third-order valence-corrected chi connectivity index (χ3v) is 4.66. The van der Waals surface area contributed by atoms with E-state index >= 15 is 0 Å². The van der Waals surface area contributed by atoms with Crippen LogP contribution >= 0.6 is 11.3 Å². The molecule has 0 aliphatic heterocycles. The Morgan fingerprint density at radius 2 is 1.90 bits per heavy atom. The van der Waals surface area contributed by atoms with Gasteiger partial charge in [-0.1, -0.05) is 23.5 Å². The second-order valence-corrected chi connectivity index (χ2v) is 7.47. The highest BCUT2D eigenvalue weighted by Gasteiger charge is 2.13. The number of aromatic nitrogens is 4. The van der Waals surface area contributed by atoms with Gasteiger partial charge in [0.2, 0.25) is 11.0 Å². The molecule has 0 fully saturated rings. The summed E-state index contributed by atoms with van der Waals surface area (Å²) in [6.07, 6.45) is 1.43. The first-order chi connectivity index (χ1) is 14.8. The van der Waals surface area contributed by atoms with Gasteiger partial charge in [-0.15, -0.1) is 10.2 Å². The number of nitrogens with zero attached hydrogens (tertiary/aromatic N) is 4. The Hall–Kier alpha value is -4.13. The average Bonchev–Trinajstić information content (AvgIpc) is 3.14. The molecule has 0 aliphatic rings. The van der Waals surface area contributed by atoms with Crippen molar-refractivity contribution in [2.75, 3.05) is 24.3 Å². The number of hydrazone groups is 1. The van der Waals surface area contributed by atoms with Crippen molar-refractivity contribution in [2.24, 2.45) is 5.10 Å². The van der Waals surface area contributed by atoms with Crippen LogP contribution in [-0.4, -0.2) is 52.3 Å². The highest BCUT2D eigenvalue weighted by Crippen LogP contribution is 2.16. The summed E-state index contributed by atoms with van der Waals surface area (Å²) < 4.78 is 0. The van der Waals surface area contributed by atoms with E-state index in [1.165, 1.54) is 6.21 Å². The molecule has 12 nitrogen and oxygen atoms in total. The summed E-state index contributed by atoms with van der Waals surface area (Å²) in [4.78, 5) is 52.8. The molecule has 4 N–H and O–H groups in total. The number of hydrogen-bond donors (Lipinski definition) is 4. The molecule has 160 valence electrons. The molecular weight excluding hydrogens is 424 g/mol. The lowest BCUT2D eigenvalue weighted by molar-refractivity contribution is -0.120. The first kappa shape index (κ1) is 21.6. The molecule has 13 heteroatoms. The zero-order valence-corrected chi connectivity index (χ0v) is 17.3. The van der Waals surface area contributed by atoms with E-state index in [-0.39, 0.29) is 17.2 Å². The van der Waals surface area contributed by atoms with Crippen molar-refractivity contribution < 1.29 is 9.59 Å². The lowest BCUT2D eigenvalue weighted by atomic mass is 10.2. The number of benzene rings is 1. The third kappa shape index (κ3) is 6.17. The Morgan fingerprint density at radius 3 is 2.58 bits per heavy atom. The minimum Gasteiger partial charge on any atom is -0.378 e. The highest BCUT2D eigenvalue weighted by atomic mass is 32.1. The number of H-pyrrole nitrogens is 2. The largest absolute Gasteiger partial charge is 0.378 e. The lowest BCUT2D eigenvalue weighted by Crippen LogP contribution is -2.27. The minimum atomic E-state index is -0.804. The van der Waals surface area contributed by atoms with Crippen LogP contribution in [0.15, 0.2) is 45.0 Å². The topological polar surface area (TPSA) is 165 Å². The van der Waals surface area contributed by atoms with E-state index in [9.17, 15) is 19.2 Å². The van der Waals surface area contributed by atoms with Crippen LogP contribution in [0.4, 0.5) is 10.8 Å². The van der Waals surface area contributed by atoms with Crippen LogP contribution in [0, 0.1) is 0 Å². The molecule has 1 aromatic carbocycles. The molecule has 2 heterocycles. The van der Waals surface area contributed by atoms with E-state index in [0.29, 0.717) is 5.01 Å². The number of hydrogen-bond acceptors (Lipinski definition) is 9. The van der Waals surface area contributed by atoms with Gasteiger partial charge in [-0.2, -0.15) is 5.10 Å². The maximum atomic E-state index is 12.1. The summed E-state index contributed by atoms with van der Waals surface area (Å²) in [7, 11) is 3.88. The molecule has 31 heavy (non-hydrogen) atoms. The van der Waals surface area contributed by atoms with E-state index in [4.69, 9.17) is 0 Å². The first-order valence-corrected chi connectivity index (χ1v) is 9.68. The summed E-state index contributed by atoms with van der Waals surface area (Å²) in [6.45, 7) is 0. The molecule has 0 radical (unpaired) electrons. The van der Waals surface area contributed by atoms with Crippen molar-refractivity contribution in [3.63, 3.8) is 0 Å². The Morgan fingerprint density at radius 1 is 1.16 bits per heavy atom. The number of carbonyl (C=O) groups excluding carboxylic acids is 2. The molecule has 0 atom stereocenters. The summed E-state index contributed by atoms with van der Waals surface area (Å²) in [5, 5.41) is 14.4. The molecule has 2 aromatic heterocycles. The predicted molar refractivity (Wildman–Crippen MR) is 116 cm³/mol. The second-order valence-electron chi connectivity index (χ2n) is 6.41. The Labute approximate surface area is 179 Å². The Bertz CT molecular complexity index is 1200. The van der Waals surface area contributed by atoms with Crippen LogP contribution in [0.1, 0.15) is 21.1 Å². The first-order valence-electron chi connectivity index (χ1n) is 8.87. The molecular formula is C18H18N8O4S. The van der Waals surface area contributed by atoms with Crippen LogP contribution in [0.25, 0.3) is 0 Å². The molecule has 0 bridgehead atoms. The van der Waals surface area contributed by atoms with Crippen molar-refractivity contribution in [3.8, 4) is 0 Å². The number of rotatable bonds is 7. The number of amides is 2. The Balaban J connectivity index is 1.53. The van der Waals surface area contributed by atoms with Crippen LogP contribution in [0.5, 0.6) is 0 Å². The normalized spacial score (nSPS) is 10.8. The summed E-state index contributed by atoms with van der Waals surface area (Å²) in [6, 6.07) is 8.55. The second kappa shape index (κ2) is 9.58. The van der Waals surface area contributed by atoms with Crippen molar-refractivity contribution in [1.29, 1.82) is 0 Å². The van der Waals surface area contributed by atoms with E-state index in [1.807, 2.05) is 48.2 Å². The minimum absolute atomic E-state index is 0.0910. The van der Waals surface area contributed by atoms with E-state index < -0.39 is 23.1 Å². The Kier molecular flexibility index (Phi) is 6.67. The smallest absolute Gasteiger partial charge is 0.326 e. The van der Waals surface area contributed by atoms with Crippen molar-refractivity contribution in [3.05, 3.63) is 67.4 Å². The van der Waals surface area contributed by atoms with Gasteiger partial charge in [0.05, 0.1) is 12.6 Å². The van der Waals surface area contributed by atoms with Gasteiger partial charge in [0, 0.05) is 25.8 Å². The van der Waals surface area contributed by atoms with Gasteiger partial charge in [0.15, 0.2) is 0 Å². The van der Waals surface area contributed by atoms with Crippen LogP contribution in [-0.2, 0) is 11.2 Å². The monoisotopic (exact) mass is 442 g/mol. The summed E-state index contributed by atoms with van der Waals surface area (Å²) in [5.74, 6) is -1.14. The fourth-order valence-electron chi connectivity index (χ4n) is 2.35. The lowest BCUT2D eigenvalue weighted by Gasteiger charge is -2.11. The zero-order chi connectivity index (χ0) is 22.4. The number of carbonyl (C=O) groups is 2. The van der Waals surface area contributed by atoms with Gasteiger partial charge in [-0.25, -0.2) is 10.2 Å². The number of anilines is 2. The molecule has 0 spiro atoms. The van der Waals surface area contributed by atoms with Gasteiger partial charge in [-0.3, -0.25) is 24.7 Å². The van der Waals surface area contributed by atoms with Gasteiger partial charge < -0.3 is 9.88 Å². The van der Waals surface area contributed by atoms with E-state index in [0.717, 1.165) is 28.7 Å². The van der Waals surface area contributed by atoms with Crippen LogP contribution in [0.2, 0.25) is 0 Å². The molecule has 0 aliphatic carbocycles. The molecule has 3 rings (SSSR count). The van der Waals surface area contributed by atoms with Crippen molar-refractivity contribution in [2.45, 2.75) is 6.42 Å². The van der Waals surface area contributed by atoms with Crippen molar-refractivity contribution in [1.82, 2.24) is 25.6 Å². The molecule has 3 aromatic rings. The molecule has 0 unspecified atom stereocenters. The maximum Gasteiger partial charge on any atom is 0.326 e. The van der Waals surface area contributed by atoms with Crippen molar-refractivity contribution >= 4 is 40.2 Å². The van der Waals surface area contributed by atoms with Gasteiger partial charge in [0.1, 0.15) is 10.7 Å². The average molecular weight is 442 g/mol. The van der Waals surface area contributed by atoms with Gasteiger partial charge in [-0.05, 0) is 17.7 Å². The number of nitrogens with one attached hydrogen (secondary N) is 4. The predicted octanol–water partition coefficient (Wildman–Crippen LogP) is -0.0742. The standard InChI is InChI=1S/C18H18N8O4S/c1-26(2)11-5-3-10(4-6-11)9-19-23-14(28)8-15-24-25-18(31-15)22-16(29)12-7-13(27)21-17(30)20-12/h3-7,9H,8H2,1-2H3,(H,23,28)(H,22,25,29)(H2,20,21,27,30)/b19-9-. The van der Waals surface area contributed by atoms with Crippen LogP contribution < -0.4 is 26.9 Å². The van der Waals surface area contributed by atoms with Gasteiger partial charge in [0.25, 0.3) is 11.5 Å². The zero-order valence-electron chi connectivity index (χ0n) is 16.5. The fourth-order valence-corrected chi connectivity index (χ4v) is 3.08. The van der Waals surface area contributed by atoms with Crippen LogP contribution in [0.3, 0.4) is 0 Å². The SMILES string of the molecule is CN(C)c1ccc(/C=N\NC(=O)Cc2nnc(NC(=O)c3cc(=O)[nH]c(=O)[nH]3)s2)cc1. The fraction of sp³-hybridized carbons (Fsp3) is 0.167. The summed E-state index contributed by atoms with van der Waals surface area (Å²) >= 11 is 0.977. The summed E-state index contributed by atoms with van der Waals surface area (Å²) in [5.41, 5.74) is 2.53. The number of aromatic amines is 2. The maximum absolute atomic E-state index is 12.1. The molecule has 0 saturated carbocycles. The van der Waals surface area contributed by atoms with E-state index in [1.54, 1.807) is 0 Å². The van der Waals surface area contributed by atoms with Gasteiger partial charge >= 0.3 is 5.69 Å².